The fraction of sp³-hybridized carbons (Fsp3) is 0.452. The molecule has 0 bridgehead atoms. The fourth-order valence-corrected chi connectivity index (χ4v) is 5.28. The van der Waals surface area contributed by atoms with Gasteiger partial charge in [0.15, 0.2) is 0 Å². The fourth-order valence-electron chi connectivity index (χ4n) is 4.42. The molecule has 7 nitrogen and oxygen atoms in total. The zero-order valence-electron chi connectivity index (χ0n) is 23.5. The molecule has 2 amide bonds. The van der Waals surface area contributed by atoms with Crippen LogP contribution in [0.5, 0.6) is 0 Å². The van der Waals surface area contributed by atoms with E-state index >= 15 is 0 Å². The molecule has 0 saturated heterocycles. The minimum atomic E-state index is -0.991. The average molecular weight is 552 g/mol. The molecule has 210 valence electrons. The summed E-state index contributed by atoms with van der Waals surface area (Å²) in [7, 11) is 0. The Hall–Kier alpha value is -3.23. The van der Waals surface area contributed by atoms with Gasteiger partial charge in [-0.2, -0.15) is 0 Å². The number of carbonyl (C=O) groups is 2. The number of thiazole rings is 1. The molecule has 3 N–H and O–H groups in total. The highest BCUT2D eigenvalue weighted by molar-refractivity contribution is 7.09. The summed E-state index contributed by atoms with van der Waals surface area (Å²) in [6.07, 6.45) is 1.16. The zero-order chi connectivity index (χ0) is 28.4. The van der Waals surface area contributed by atoms with Crippen LogP contribution in [0.1, 0.15) is 63.2 Å². The van der Waals surface area contributed by atoms with Crippen molar-refractivity contribution >= 4 is 23.3 Å². The Kier molecular flexibility index (Phi) is 11.1. The van der Waals surface area contributed by atoms with Crippen LogP contribution in [-0.2, 0) is 22.4 Å². The maximum absolute atomic E-state index is 13.7. The van der Waals surface area contributed by atoms with Crippen molar-refractivity contribution in [3.8, 4) is 0 Å². The van der Waals surface area contributed by atoms with Crippen molar-refractivity contribution in [3.63, 3.8) is 0 Å². The summed E-state index contributed by atoms with van der Waals surface area (Å²) in [4.78, 5) is 30.8. The Morgan fingerprint density at radius 3 is 2.05 bits per heavy atom. The Labute approximate surface area is 236 Å². The van der Waals surface area contributed by atoms with Gasteiger partial charge in [0.25, 0.3) is 0 Å². The lowest BCUT2D eigenvalue weighted by Crippen LogP contribution is -2.48. The number of ether oxygens (including phenoxy) is 1. The van der Waals surface area contributed by atoms with Gasteiger partial charge in [0.05, 0.1) is 18.2 Å². The lowest BCUT2D eigenvalue weighted by atomic mass is 9.88. The SMILES string of the molecule is CC(C)[C@H](NC(=O)[C@H](Cc1ccccc1)C[C@H](O)[C@H](Cc1ccccc1)NC(=O)OC(C)(C)C)c1nccs1. The van der Waals surface area contributed by atoms with Crippen LogP contribution in [0.25, 0.3) is 0 Å². The number of nitrogens with zero attached hydrogens (tertiary/aromatic N) is 1. The summed E-state index contributed by atoms with van der Waals surface area (Å²) in [6.45, 7) is 9.48. The molecule has 1 heterocycles. The zero-order valence-corrected chi connectivity index (χ0v) is 24.3. The summed E-state index contributed by atoms with van der Waals surface area (Å²) in [5.41, 5.74) is 1.29. The number of rotatable bonds is 12. The summed E-state index contributed by atoms with van der Waals surface area (Å²) in [5, 5.41) is 20.3. The van der Waals surface area contributed by atoms with Crippen molar-refractivity contribution in [1.82, 2.24) is 15.6 Å². The molecule has 2 aromatic carbocycles. The first-order valence-electron chi connectivity index (χ1n) is 13.5. The number of alkyl carbamates (subject to hydrolysis) is 1. The molecule has 8 heteroatoms. The normalized spacial score (nSPS) is 14.7. The molecule has 0 radical (unpaired) electrons. The minimum Gasteiger partial charge on any atom is -0.444 e. The number of benzene rings is 2. The van der Waals surface area contributed by atoms with E-state index in [2.05, 4.69) is 15.6 Å². The molecule has 39 heavy (non-hydrogen) atoms. The van der Waals surface area contributed by atoms with E-state index in [1.165, 1.54) is 11.3 Å². The van der Waals surface area contributed by atoms with Gasteiger partial charge in [0, 0.05) is 17.5 Å². The highest BCUT2D eigenvalue weighted by Gasteiger charge is 2.32. The first-order valence-corrected chi connectivity index (χ1v) is 14.3. The van der Waals surface area contributed by atoms with Crippen LogP contribution in [0.4, 0.5) is 4.79 Å². The van der Waals surface area contributed by atoms with Gasteiger partial charge in [0.2, 0.25) is 5.91 Å². The number of aliphatic hydroxyl groups is 1. The van der Waals surface area contributed by atoms with Gasteiger partial charge in [-0.05, 0) is 57.1 Å². The quantitative estimate of drug-likeness (QED) is 0.268. The lowest BCUT2D eigenvalue weighted by molar-refractivity contribution is -0.127. The van der Waals surface area contributed by atoms with Crippen LogP contribution in [0.2, 0.25) is 0 Å². The Morgan fingerprint density at radius 1 is 0.949 bits per heavy atom. The van der Waals surface area contributed by atoms with Gasteiger partial charge >= 0.3 is 6.09 Å². The van der Waals surface area contributed by atoms with Crippen molar-refractivity contribution in [2.75, 3.05) is 0 Å². The summed E-state index contributed by atoms with van der Waals surface area (Å²) in [5.74, 6) is -0.535. The molecular formula is C31H41N3O4S. The second kappa shape index (κ2) is 14.2. The monoisotopic (exact) mass is 551 g/mol. The van der Waals surface area contributed by atoms with Crippen LogP contribution in [-0.4, -0.2) is 39.8 Å². The first kappa shape index (κ1) is 30.3. The number of hydrogen-bond acceptors (Lipinski definition) is 6. The second-order valence-electron chi connectivity index (χ2n) is 11.2. The number of amides is 2. The van der Waals surface area contributed by atoms with Crippen LogP contribution >= 0.6 is 11.3 Å². The molecule has 0 aliphatic carbocycles. The van der Waals surface area contributed by atoms with E-state index in [1.807, 2.05) is 79.9 Å². The Morgan fingerprint density at radius 2 is 1.54 bits per heavy atom. The number of aliphatic hydroxyl groups excluding tert-OH is 1. The largest absolute Gasteiger partial charge is 0.444 e. The minimum absolute atomic E-state index is 0.141. The van der Waals surface area contributed by atoms with Crippen molar-refractivity contribution < 1.29 is 19.4 Å². The topological polar surface area (TPSA) is 101 Å². The lowest BCUT2D eigenvalue weighted by Gasteiger charge is -2.30. The molecule has 0 aliphatic rings. The predicted octanol–water partition coefficient (Wildman–Crippen LogP) is 5.70. The molecule has 0 aliphatic heterocycles. The maximum atomic E-state index is 13.7. The Balaban J connectivity index is 1.83. The highest BCUT2D eigenvalue weighted by atomic mass is 32.1. The van der Waals surface area contributed by atoms with Gasteiger partial charge in [-0.1, -0.05) is 74.5 Å². The first-order chi connectivity index (χ1) is 18.5. The highest BCUT2D eigenvalue weighted by Crippen LogP contribution is 2.26. The van der Waals surface area contributed by atoms with Crippen molar-refractivity contribution in [2.24, 2.45) is 11.8 Å². The molecule has 0 unspecified atom stereocenters. The summed E-state index contributed by atoms with van der Waals surface area (Å²) in [6, 6.07) is 18.6. The molecule has 0 fully saturated rings. The van der Waals surface area contributed by atoms with Gasteiger partial charge in [-0.15, -0.1) is 11.3 Å². The van der Waals surface area contributed by atoms with Crippen molar-refractivity contribution in [2.45, 2.75) is 77.7 Å². The van der Waals surface area contributed by atoms with Crippen LogP contribution in [0, 0.1) is 11.8 Å². The van der Waals surface area contributed by atoms with E-state index in [0.717, 1.165) is 16.1 Å². The molecule has 0 saturated carbocycles. The van der Waals surface area contributed by atoms with Crippen LogP contribution in [0.3, 0.4) is 0 Å². The number of aromatic nitrogens is 1. The predicted molar refractivity (Wildman–Crippen MR) is 155 cm³/mol. The van der Waals surface area contributed by atoms with E-state index in [9.17, 15) is 14.7 Å². The number of hydrogen-bond donors (Lipinski definition) is 3. The second-order valence-corrected chi connectivity index (χ2v) is 12.2. The number of carbonyl (C=O) groups excluding carboxylic acids is 2. The van der Waals surface area contributed by atoms with E-state index in [1.54, 1.807) is 27.0 Å². The van der Waals surface area contributed by atoms with E-state index in [-0.39, 0.29) is 24.3 Å². The van der Waals surface area contributed by atoms with Gasteiger partial charge < -0.3 is 20.5 Å². The third-order valence-electron chi connectivity index (χ3n) is 6.37. The third-order valence-corrected chi connectivity index (χ3v) is 7.23. The molecular weight excluding hydrogens is 510 g/mol. The third kappa shape index (κ3) is 10.1. The Bertz CT molecular complexity index is 1150. The van der Waals surface area contributed by atoms with Crippen molar-refractivity contribution in [3.05, 3.63) is 88.4 Å². The maximum Gasteiger partial charge on any atom is 0.407 e. The van der Waals surface area contributed by atoms with E-state index in [0.29, 0.717) is 12.8 Å². The van der Waals surface area contributed by atoms with E-state index < -0.39 is 29.8 Å². The summed E-state index contributed by atoms with van der Waals surface area (Å²) >= 11 is 1.51. The molecule has 3 aromatic rings. The average Bonchev–Trinajstić information content (AvgIpc) is 3.41. The number of nitrogens with one attached hydrogen (secondary N) is 2. The van der Waals surface area contributed by atoms with Crippen LogP contribution < -0.4 is 10.6 Å². The molecule has 3 rings (SSSR count). The van der Waals surface area contributed by atoms with Crippen molar-refractivity contribution in [1.29, 1.82) is 0 Å². The van der Waals surface area contributed by atoms with Gasteiger partial charge in [-0.3, -0.25) is 4.79 Å². The standard InChI is InChI=1S/C31H41N3O4S/c1-21(2)27(29-32-16-17-39-29)34-28(36)24(18-22-12-8-6-9-13-22)20-26(35)25(19-23-14-10-7-11-15-23)33-30(37)38-31(3,4)5/h6-17,21,24-27,35H,18-20H2,1-5H3,(H,33,37)(H,34,36)/t24-,25+,26+,27+/m1/s1. The van der Waals surface area contributed by atoms with E-state index in [4.69, 9.17) is 4.74 Å². The van der Waals surface area contributed by atoms with Gasteiger partial charge in [-0.25, -0.2) is 9.78 Å². The summed E-state index contributed by atoms with van der Waals surface area (Å²) < 4.78 is 5.48. The molecule has 1 aromatic heterocycles. The van der Waals surface area contributed by atoms with Crippen LogP contribution in [0.15, 0.2) is 72.2 Å². The molecule has 4 atom stereocenters. The van der Waals surface area contributed by atoms with Gasteiger partial charge in [0.1, 0.15) is 10.6 Å². The smallest absolute Gasteiger partial charge is 0.407 e. The molecule has 0 spiro atoms.